The minimum atomic E-state index is -0.0758. The third-order valence-corrected chi connectivity index (χ3v) is 4.36. The molecule has 1 aliphatic heterocycles. The smallest absolute Gasteiger partial charge is 0.234 e. The zero-order valence-corrected chi connectivity index (χ0v) is 13.1. The summed E-state index contributed by atoms with van der Waals surface area (Å²) >= 11 is 0. The summed E-state index contributed by atoms with van der Waals surface area (Å²) in [5, 5.41) is 2.11. The van der Waals surface area contributed by atoms with Crippen LogP contribution in [0.15, 0.2) is 30.3 Å². The molecule has 1 amide bonds. The lowest BCUT2D eigenvalue weighted by Gasteiger charge is -2.38. The van der Waals surface area contributed by atoms with Crippen molar-refractivity contribution in [3.8, 4) is 0 Å². The highest BCUT2D eigenvalue weighted by Gasteiger charge is 2.26. The Labute approximate surface area is 127 Å². The van der Waals surface area contributed by atoms with Crippen LogP contribution in [0.1, 0.15) is 57.6 Å². The summed E-state index contributed by atoms with van der Waals surface area (Å²) in [6.07, 6.45) is 4.67. The predicted molar refractivity (Wildman–Crippen MR) is 85.4 cm³/mol. The maximum absolute atomic E-state index is 12.1. The minimum absolute atomic E-state index is 0.0713. The average molecular weight is 289 g/mol. The standard InChI is InChI=1S/C17H27N3O/c1-13-7-6-8-14(2)20(13)19-17(21)12-11-16(18)15-9-4-3-5-10-15/h3-5,9-10,13-14,16H,6-8,11-12,18H2,1-2H3,(H,19,21). The van der Waals surface area contributed by atoms with Crippen molar-refractivity contribution >= 4 is 5.91 Å². The van der Waals surface area contributed by atoms with E-state index >= 15 is 0 Å². The van der Waals surface area contributed by atoms with E-state index in [0.717, 1.165) is 18.4 Å². The van der Waals surface area contributed by atoms with Crippen LogP contribution in [0.5, 0.6) is 0 Å². The van der Waals surface area contributed by atoms with Gasteiger partial charge in [0.25, 0.3) is 0 Å². The van der Waals surface area contributed by atoms with E-state index in [2.05, 4.69) is 24.3 Å². The second kappa shape index (κ2) is 7.57. The molecule has 0 aliphatic carbocycles. The van der Waals surface area contributed by atoms with Crippen LogP contribution in [0.2, 0.25) is 0 Å². The molecule has 21 heavy (non-hydrogen) atoms. The Kier molecular flexibility index (Phi) is 5.76. The third kappa shape index (κ3) is 4.55. The van der Waals surface area contributed by atoms with Crippen molar-refractivity contribution in [1.82, 2.24) is 10.4 Å². The summed E-state index contributed by atoms with van der Waals surface area (Å²) < 4.78 is 0. The van der Waals surface area contributed by atoms with Crippen molar-refractivity contribution in [1.29, 1.82) is 0 Å². The van der Waals surface area contributed by atoms with Gasteiger partial charge in [0, 0.05) is 24.5 Å². The van der Waals surface area contributed by atoms with Crippen LogP contribution in [0.3, 0.4) is 0 Å². The number of hydrazine groups is 1. The molecule has 4 heteroatoms. The summed E-state index contributed by atoms with van der Waals surface area (Å²) in [7, 11) is 0. The van der Waals surface area contributed by atoms with Crippen molar-refractivity contribution in [2.24, 2.45) is 5.73 Å². The zero-order chi connectivity index (χ0) is 15.2. The first-order chi connectivity index (χ1) is 10.1. The van der Waals surface area contributed by atoms with E-state index in [4.69, 9.17) is 5.73 Å². The molecule has 1 saturated heterocycles. The van der Waals surface area contributed by atoms with Gasteiger partial charge in [0.15, 0.2) is 0 Å². The molecule has 1 aromatic rings. The Balaban J connectivity index is 1.79. The molecule has 1 aromatic carbocycles. The number of hydrogen-bond donors (Lipinski definition) is 2. The van der Waals surface area contributed by atoms with Gasteiger partial charge in [0.05, 0.1) is 0 Å². The third-order valence-electron chi connectivity index (χ3n) is 4.36. The van der Waals surface area contributed by atoms with Crippen LogP contribution in [0.4, 0.5) is 0 Å². The lowest BCUT2D eigenvalue weighted by Crippen LogP contribution is -2.54. The molecule has 0 bridgehead atoms. The molecular weight excluding hydrogens is 262 g/mol. The van der Waals surface area contributed by atoms with E-state index < -0.39 is 0 Å². The summed E-state index contributed by atoms with van der Waals surface area (Å²) in [6.45, 7) is 4.34. The molecule has 2 rings (SSSR count). The molecule has 1 aliphatic rings. The lowest BCUT2D eigenvalue weighted by atomic mass is 9.99. The van der Waals surface area contributed by atoms with Crippen molar-refractivity contribution in [3.05, 3.63) is 35.9 Å². The number of nitrogens with zero attached hydrogens (tertiary/aromatic N) is 1. The molecule has 1 heterocycles. The Morgan fingerprint density at radius 1 is 1.29 bits per heavy atom. The highest BCUT2D eigenvalue weighted by molar-refractivity contribution is 5.75. The van der Waals surface area contributed by atoms with Gasteiger partial charge in [-0.05, 0) is 38.7 Å². The fourth-order valence-electron chi connectivity index (χ4n) is 3.00. The van der Waals surface area contributed by atoms with Gasteiger partial charge in [-0.1, -0.05) is 36.8 Å². The van der Waals surface area contributed by atoms with E-state index in [1.54, 1.807) is 0 Å². The Morgan fingerprint density at radius 3 is 2.52 bits per heavy atom. The fraction of sp³-hybridized carbons (Fsp3) is 0.588. The number of carbonyl (C=O) groups is 1. The first-order valence-electron chi connectivity index (χ1n) is 7.96. The minimum Gasteiger partial charge on any atom is -0.324 e. The molecule has 0 saturated carbocycles. The van der Waals surface area contributed by atoms with Crippen LogP contribution in [0.25, 0.3) is 0 Å². The molecule has 0 aromatic heterocycles. The van der Waals surface area contributed by atoms with E-state index in [9.17, 15) is 4.79 Å². The second-order valence-electron chi connectivity index (χ2n) is 6.13. The molecule has 3 N–H and O–H groups in total. The average Bonchev–Trinajstić information content (AvgIpc) is 2.49. The first-order valence-corrected chi connectivity index (χ1v) is 7.96. The molecule has 0 radical (unpaired) electrons. The van der Waals surface area contributed by atoms with Crippen LogP contribution < -0.4 is 11.2 Å². The van der Waals surface area contributed by atoms with Gasteiger partial charge >= 0.3 is 0 Å². The number of carbonyl (C=O) groups excluding carboxylic acids is 1. The molecule has 116 valence electrons. The number of benzene rings is 1. The van der Waals surface area contributed by atoms with Gasteiger partial charge in [0.1, 0.15) is 0 Å². The van der Waals surface area contributed by atoms with E-state index in [1.807, 2.05) is 30.3 Å². The highest BCUT2D eigenvalue weighted by Crippen LogP contribution is 2.21. The number of hydrogen-bond acceptors (Lipinski definition) is 3. The molecule has 4 nitrogen and oxygen atoms in total. The van der Waals surface area contributed by atoms with Gasteiger partial charge < -0.3 is 5.73 Å². The zero-order valence-electron chi connectivity index (χ0n) is 13.1. The van der Waals surface area contributed by atoms with Gasteiger partial charge in [0.2, 0.25) is 5.91 Å². The summed E-state index contributed by atoms with van der Waals surface area (Å²) in [4.78, 5) is 12.1. The molecule has 3 unspecified atom stereocenters. The lowest BCUT2D eigenvalue weighted by molar-refractivity contribution is -0.129. The van der Waals surface area contributed by atoms with Crippen LogP contribution in [-0.4, -0.2) is 23.0 Å². The second-order valence-corrected chi connectivity index (χ2v) is 6.13. The van der Waals surface area contributed by atoms with E-state index in [0.29, 0.717) is 24.9 Å². The number of amides is 1. The van der Waals surface area contributed by atoms with Crippen LogP contribution in [-0.2, 0) is 4.79 Å². The molecular formula is C17H27N3O. The molecule has 0 spiro atoms. The maximum Gasteiger partial charge on any atom is 0.234 e. The topological polar surface area (TPSA) is 58.4 Å². The Hall–Kier alpha value is -1.39. The summed E-state index contributed by atoms with van der Waals surface area (Å²) in [5.74, 6) is 0.0713. The quantitative estimate of drug-likeness (QED) is 0.876. The monoisotopic (exact) mass is 289 g/mol. The van der Waals surface area contributed by atoms with Crippen LogP contribution >= 0.6 is 0 Å². The number of nitrogens with one attached hydrogen (secondary N) is 1. The van der Waals surface area contributed by atoms with Gasteiger partial charge in [-0.15, -0.1) is 0 Å². The predicted octanol–water partition coefficient (Wildman–Crippen LogP) is 2.76. The van der Waals surface area contributed by atoms with Gasteiger partial charge in [-0.3, -0.25) is 10.2 Å². The van der Waals surface area contributed by atoms with Gasteiger partial charge in [-0.2, -0.15) is 0 Å². The maximum atomic E-state index is 12.1. The van der Waals surface area contributed by atoms with Crippen molar-refractivity contribution < 1.29 is 4.79 Å². The fourth-order valence-corrected chi connectivity index (χ4v) is 3.00. The van der Waals surface area contributed by atoms with Gasteiger partial charge in [-0.25, -0.2) is 5.01 Å². The highest BCUT2D eigenvalue weighted by atomic mass is 16.2. The number of rotatable bonds is 5. The summed E-state index contributed by atoms with van der Waals surface area (Å²) in [5.41, 5.74) is 10.3. The van der Waals surface area contributed by atoms with Crippen molar-refractivity contribution in [2.45, 2.75) is 64.1 Å². The molecule has 1 fully saturated rings. The molecule has 3 atom stereocenters. The first kappa shape index (κ1) is 16.0. The summed E-state index contributed by atoms with van der Waals surface area (Å²) in [6, 6.07) is 10.7. The van der Waals surface area contributed by atoms with Crippen molar-refractivity contribution in [3.63, 3.8) is 0 Å². The van der Waals surface area contributed by atoms with E-state index in [1.165, 1.54) is 6.42 Å². The SMILES string of the molecule is CC1CCCC(C)N1NC(=O)CCC(N)c1ccccc1. The Bertz CT molecular complexity index is 439. The largest absolute Gasteiger partial charge is 0.324 e. The number of nitrogens with two attached hydrogens (primary N) is 1. The normalized spacial score (nSPS) is 24.5. The van der Waals surface area contributed by atoms with Crippen molar-refractivity contribution in [2.75, 3.05) is 0 Å². The Morgan fingerprint density at radius 2 is 1.90 bits per heavy atom. The van der Waals surface area contributed by atoms with E-state index in [-0.39, 0.29) is 11.9 Å². The van der Waals surface area contributed by atoms with Crippen LogP contribution in [0, 0.1) is 0 Å². The number of piperidine rings is 1.